The highest BCUT2D eigenvalue weighted by Gasteiger charge is 2.51. The van der Waals surface area contributed by atoms with Crippen molar-refractivity contribution < 1.29 is 14.3 Å². The van der Waals surface area contributed by atoms with Gasteiger partial charge in [-0.3, -0.25) is 9.59 Å². The Kier molecular flexibility index (Phi) is 4.61. The summed E-state index contributed by atoms with van der Waals surface area (Å²) in [6.07, 6.45) is 9.81. The lowest BCUT2D eigenvalue weighted by atomic mass is 9.49. The van der Waals surface area contributed by atoms with Crippen LogP contribution >= 0.6 is 0 Å². The fourth-order valence-corrected chi connectivity index (χ4v) is 7.47. The third-order valence-corrected chi connectivity index (χ3v) is 8.30. The van der Waals surface area contributed by atoms with Gasteiger partial charge >= 0.3 is 5.97 Å². The van der Waals surface area contributed by atoms with Crippen molar-refractivity contribution in [3.63, 3.8) is 0 Å². The highest BCUT2D eigenvalue weighted by Crippen LogP contribution is 2.61. The van der Waals surface area contributed by atoms with Crippen LogP contribution in [0.4, 0.5) is 5.69 Å². The van der Waals surface area contributed by atoms with Gasteiger partial charge in [0.05, 0.1) is 6.42 Å². The molecule has 1 aromatic rings. The van der Waals surface area contributed by atoms with Crippen molar-refractivity contribution in [2.24, 2.45) is 23.2 Å². The second-order valence-electron chi connectivity index (χ2n) is 11.0. The quantitative estimate of drug-likeness (QED) is 0.508. The van der Waals surface area contributed by atoms with Gasteiger partial charge < -0.3 is 9.64 Å². The summed E-state index contributed by atoms with van der Waals surface area (Å²) < 4.78 is 5.48. The van der Waals surface area contributed by atoms with E-state index >= 15 is 0 Å². The fourth-order valence-electron chi connectivity index (χ4n) is 7.47. The number of likely N-dealkylation sites (N-methyl/N-ethyl adjacent to an activating group) is 1. The summed E-state index contributed by atoms with van der Waals surface area (Å²) in [6, 6.07) is 8.24. The molecule has 6 rings (SSSR count). The average molecular weight is 408 g/mol. The number of para-hydroxylation sites is 1. The summed E-state index contributed by atoms with van der Waals surface area (Å²) in [6.45, 7) is 4.11. The minimum absolute atomic E-state index is 0.142. The minimum atomic E-state index is -0.246. The van der Waals surface area contributed by atoms with Crippen LogP contribution in [-0.4, -0.2) is 25.4 Å². The number of carbonyl (C=O) groups is 2. The number of esters is 1. The van der Waals surface area contributed by atoms with Gasteiger partial charge in [-0.2, -0.15) is 0 Å². The van der Waals surface area contributed by atoms with Crippen LogP contribution in [0.25, 0.3) is 0 Å². The molecule has 0 aromatic heterocycles. The molecule has 4 heteroatoms. The highest BCUT2D eigenvalue weighted by molar-refractivity contribution is 5.94. The number of anilines is 1. The monoisotopic (exact) mass is 407 g/mol. The van der Waals surface area contributed by atoms with Gasteiger partial charge in [0, 0.05) is 29.9 Å². The number of fused-ring (bicyclic) bond motifs is 1. The molecule has 4 bridgehead atoms. The number of hydrogen-bond acceptors (Lipinski definition) is 4. The van der Waals surface area contributed by atoms with E-state index in [0.29, 0.717) is 6.42 Å². The first-order valence-corrected chi connectivity index (χ1v) is 11.5. The summed E-state index contributed by atoms with van der Waals surface area (Å²) in [5.41, 5.74) is 3.20. The van der Waals surface area contributed by atoms with Crippen molar-refractivity contribution in [3.8, 4) is 0 Å². The Bertz CT molecular complexity index is 877. The lowest BCUT2D eigenvalue weighted by molar-refractivity contribution is -0.154. The maximum absolute atomic E-state index is 12.7. The minimum Gasteiger partial charge on any atom is -0.457 e. The van der Waals surface area contributed by atoms with Crippen LogP contribution in [0, 0.1) is 23.2 Å². The molecule has 1 aliphatic heterocycles. The van der Waals surface area contributed by atoms with Crippen LogP contribution in [-0.2, 0) is 19.7 Å². The molecule has 0 unspecified atom stereocenters. The lowest BCUT2D eigenvalue weighted by Gasteiger charge is -2.56. The molecule has 0 spiro atoms. The van der Waals surface area contributed by atoms with Crippen LogP contribution < -0.4 is 4.90 Å². The third kappa shape index (κ3) is 3.29. The summed E-state index contributed by atoms with van der Waals surface area (Å²) in [5, 5.41) is 0. The van der Waals surface area contributed by atoms with E-state index in [0.717, 1.165) is 29.1 Å². The maximum Gasteiger partial charge on any atom is 0.306 e. The molecule has 0 amide bonds. The molecule has 0 N–H and O–H groups in total. The van der Waals surface area contributed by atoms with E-state index in [1.165, 1.54) is 44.1 Å². The Morgan fingerprint density at radius 1 is 1.07 bits per heavy atom. The van der Waals surface area contributed by atoms with Crippen molar-refractivity contribution in [2.45, 2.75) is 64.2 Å². The molecule has 1 aromatic carbocycles. The number of ether oxygens (including phenoxy) is 1. The molecular weight excluding hydrogens is 374 g/mol. The smallest absolute Gasteiger partial charge is 0.306 e. The van der Waals surface area contributed by atoms with Crippen molar-refractivity contribution in [1.82, 2.24) is 0 Å². The molecule has 0 saturated heterocycles. The summed E-state index contributed by atoms with van der Waals surface area (Å²) >= 11 is 0. The van der Waals surface area contributed by atoms with Crippen LogP contribution in [0.5, 0.6) is 0 Å². The van der Waals surface area contributed by atoms with Gasteiger partial charge in [0.1, 0.15) is 0 Å². The normalized spacial score (nSPS) is 34.3. The van der Waals surface area contributed by atoms with E-state index in [1.807, 2.05) is 19.2 Å². The van der Waals surface area contributed by atoms with Crippen LogP contribution in [0.1, 0.15) is 64.4 Å². The topological polar surface area (TPSA) is 46.6 Å². The van der Waals surface area contributed by atoms with Gasteiger partial charge in [0.25, 0.3) is 0 Å². The summed E-state index contributed by atoms with van der Waals surface area (Å²) in [5.74, 6) is 2.12. The van der Waals surface area contributed by atoms with Gasteiger partial charge in [-0.15, -0.1) is 0 Å². The van der Waals surface area contributed by atoms with E-state index in [2.05, 4.69) is 30.9 Å². The van der Waals surface area contributed by atoms with Crippen LogP contribution in [0.3, 0.4) is 0 Å². The maximum atomic E-state index is 12.7. The molecule has 160 valence electrons. The van der Waals surface area contributed by atoms with Crippen LogP contribution in [0.2, 0.25) is 0 Å². The fraction of sp³-hybridized carbons (Fsp3) is 0.615. The molecule has 4 fully saturated rings. The number of ketones is 1. The lowest BCUT2D eigenvalue weighted by Crippen LogP contribution is -2.47. The van der Waals surface area contributed by atoms with E-state index in [9.17, 15) is 9.59 Å². The zero-order valence-electron chi connectivity index (χ0n) is 18.4. The predicted molar refractivity (Wildman–Crippen MR) is 117 cm³/mol. The van der Waals surface area contributed by atoms with E-state index in [4.69, 9.17) is 4.74 Å². The Hall–Kier alpha value is -2.10. The van der Waals surface area contributed by atoms with Gasteiger partial charge in [0.15, 0.2) is 12.4 Å². The first-order chi connectivity index (χ1) is 14.3. The van der Waals surface area contributed by atoms with E-state index < -0.39 is 0 Å². The zero-order valence-corrected chi connectivity index (χ0v) is 18.4. The number of allylic oxidation sites excluding steroid dienone is 1. The molecule has 0 radical (unpaired) electrons. The third-order valence-electron chi connectivity index (χ3n) is 8.30. The van der Waals surface area contributed by atoms with E-state index in [-0.39, 0.29) is 29.2 Å². The number of nitrogens with zero attached hydrogens (tertiary/aromatic N) is 1. The van der Waals surface area contributed by atoms with Gasteiger partial charge in [-0.05, 0) is 73.3 Å². The Morgan fingerprint density at radius 3 is 2.27 bits per heavy atom. The van der Waals surface area contributed by atoms with Crippen molar-refractivity contribution >= 4 is 17.4 Å². The summed E-state index contributed by atoms with van der Waals surface area (Å²) in [7, 11) is 1.99. The molecule has 4 saturated carbocycles. The van der Waals surface area contributed by atoms with Crippen LogP contribution in [0.15, 0.2) is 36.0 Å². The highest BCUT2D eigenvalue weighted by atomic mass is 16.5. The average Bonchev–Trinajstić information content (AvgIpc) is 2.86. The Balaban J connectivity index is 1.21. The molecule has 0 atom stereocenters. The molecule has 4 aliphatic carbocycles. The number of benzene rings is 1. The molecule has 1 heterocycles. The zero-order chi connectivity index (χ0) is 21.1. The molecule has 5 aliphatic rings. The van der Waals surface area contributed by atoms with Gasteiger partial charge in [-0.1, -0.05) is 32.0 Å². The second-order valence-corrected chi connectivity index (χ2v) is 11.0. The largest absolute Gasteiger partial charge is 0.457 e. The van der Waals surface area contributed by atoms with Crippen molar-refractivity contribution in [3.05, 3.63) is 41.6 Å². The predicted octanol–water partition coefficient (Wildman–Crippen LogP) is 5.02. The summed E-state index contributed by atoms with van der Waals surface area (Å²) in [4.78, 5) is 27.4. The molecule has 30 heavy (non-hydrogen) atoms. The first kappa shape index (κ1) is 19.8. The SMILES string of the molecule is CN1C(=CC(=O)COC(=O)CC23CC4CC(CC(C4)C2)C3)C(C)(C)c2ccccc21. The van der Waals surface area contributed by atoms with Crippen molar-refractivity contribution in [1.29, 1.82) is 0 Å². The Labute approximate surface area is 179 Å². The number of hydrogen-bond donors (Lipinski definition) is 0. The van der Waals surface area contributed by atoms with Gasteiger partial charge in [-0.25, -0.2) is 0 Å². The van der Waals surface area contributed by atoms with Crippen molar-refractivity contribution in [2.75, 3.05) is 18.6 Å². The number of rotatable bonds is 5. The number of carbonyl (C=O) groups excluding carboxylic acids is 2. The van der Waals surface area contributed by atoms with E-state index in [1.54, 1.807) is 6.08 Å². The Morgan fingerprint density at radius 2 is 1.67 bits per heavy atom. The second kappa shape index (κ2) is 6.96. The first-order valence-electron chi connectivity index (χ1n) is 11.5. The molecule has 4 nitrogen and oxygen atoms in total. The standard InChI is InChI=1S/C26H33NO3/c1-25(2)21-6-4-5-7-22(21)27(3)23(25)11-20(28)16-30-24(29)15-26-12-17-8-18(13-26)10-19(9-17)14-26/h4-7,11,17-19H,8-10,12-16H2,1-3H3. The van der Waals surface area contributed by atoms with Gasteiger partial charge in [0.2, 0.25) is 0 Å². The molecular formula is C26H33NO3.